The number of nitrogens with two attached hydrogens (primary N) is 1. The van der Waals surface area contributed by atoms with E-state index in [1.165, 1.54) is 17.8 Å². The molecule has 0 saturated heterocycles. The Bertz CT molecular complexity index is 429. The van der Waals surface area contributed by atoms with E-state index in [-0.39, 0.29) is 4.75 Å². The van der Waals surface area contributed by atoms with Gasteiger partial charge in [-0.1, -0.05) is 39.0 Å². The summed E-state index contributed by atoms with van der Waals surface area (Å²) >= 11 is 1.43. The number of hydrogen-bond acceptors (Lipinski definition) is 3. The van der Waals surface area contributed by atoms with E-state index in [4.69, 9.17) is 5.73 Å². The lowest BCUT2D eigenvalue weighted by Gasteiger charge is -2.26. The minimum atomic E-state index is -4.72. The van der Waals surface area contributed by atoms with Crippen molar-refractivity contribution in [1.29, 1.82) is 0 Å². The normalized spacial score (nSPS) is 16.2. The maximum Gasteiger partial charge on any atom is 0.416 e. The third kappa shape index (κ3) is 4.71. The van der Waals surface area contributed by atoms with Crippen molar-refractivity contribution in [3.63, 3.8) is 0 Å². The van der Waals surface area contributed by atoms with Crippen LogP contribution in [-0.2, 0) is 0 Å². The van der Waals surface area contributed by atoms with Gasteiger partial charge < -0.3 is 10.8 Å². The van der Waals surface area contributed by atoms with Gasteiger partial charge in [-0.05, 0) is 11.6 Å². The molecule has 0 heterocycles. The number of rotatable bonds is 3. The van der Waals surface area contributed by atoms with Gasteiger partial charge in [0.2, 0.25) is 0 Å². The molecule has 0 aliphatic rings. The molecule has 0 saturated carbocycles. The Kier molecular flexibility index (Phi) is 4.92. The average molecular weight is 293 g/mol. The largest absolute Gasteiger partial charge is 0.416 e. The van der Waals surface area contributed by atoms with Crippen molar-refractivity contribution in [3.8, 4) is 0 Å². The van der Waals surface area contributed by atoms with Gasteiger partial charge in [-0.15, -0.1) is 11.8 Å². The third-order valence-corrected chi connectivity index (χ3v) is 3.57. The highest BCUT2D eigenvalue weighted by Crippen LogP contribution is 2.38. The number of aliphatic hydroxyl groups is 1. The molecule has 108 valence electrons. The van der Waals surface area contributed by atoms with Crippen molar-refractivity contribution in [2.45, 2.75) is 48.7 Å². The first-order chi connectivity index (χ1) is 8.52. The maximum atomic E-state index is 12.5. The highest BCUT2D eigenvalue weighted by molar-refractivity contribution is 8.00. The summed E-state index contributed by atoms with van der Waals surface area (Å²) in [5.74, 6) is 0. The lowest BCUT2D eigenvalue weighted by Crippen LogP contribution is -2.39. The van der Waals surface area contributed by atoms with Crippen LogP contribution in [0, 0.1) is 0 Å². The summed E-state index contributed by atoms with van der Waals surface area (Å²) in [5, 5.41) is 9.27. The van der Waals surface area contributed by atoms with Crippen LogP contribution in [0.5, 0.6) is 0 Å². The van der Waals surface area contributed by atoms with Crippen molar-refractivity contribution in [3.05, 3.63) is 29.8 Å². The second-order valence-corrected chi connectivity index (χ2v) is 7.13. The van der Waals surface area contributed by atoms with Crippen molar-refractivity contribution in [2.24, 2.45) is 5.73 Å². The summed E-state index contributed by atoms with van der Waals surface area (Å²) in [7, 11) is 0. The minimum absolute atomic E-state index is 0.154. The molecule has 2 atom stereocenters. The molecule has 1 rings (SSSR count). The summed E-state index contributed by atoms with van der Waals surface area (Å²) in [5.41, 5.74) is 5.87. The predicted octanol–water partition coefficient (Wildman–Crippen LogP) is 3.50. The summed E-state index contributed by atoms with van der Waals surface area (Å²) in [6.45, 7) is 5.88. The molecule has 0 aliphatic carbocycles. The molecule has 0 aliphatic heterocycles. The Morgan fingerprint density at radius 2 is 1.68 bits per heavy atom. The third-order valence-electron chi connectivity index (χ3n) is 2.37. The van der Waals surface area contributed by atoms with Gasteiger partial charge in [-0.2, -0.15) is 13.2 Å². The van der Waals surface area contributed by atoms with Gasteiger partial charge in [0.05, 0.1) is 6.04 Å². The molecule has 0 bridgehead atoms. The molecule has 0 amide bonds. The fourth-order valence-corrected chi connectivity index (χ4v) is 2.68. The van der Waals surface area contributed by atoms with E-state index in [1.54, 1.807) is 18.2 Å². The average Bonchev–Trinajstić information content (AvgIpc) is 2.24. The molecular formula is C13H18F3NOS. The molecule has 0 spiro atoms. The van der Waals surface area contributed by atoms with E-state index in [2.05, 4.69) is 0 Å². The van der Waals surface area contributed by atoms with E-state index >= 15 is 0 Å². The molecule has 19 heavy (non-hydrogen) atoms. The predicted molar refractivity (Wildman–Crippen MR) is 71.0 cm³/mol. The van der Waals surface area contributed by atoms with Crippen LogP contribution >= 0.6 is 11.8 Å². The Morgan fingerprint density at radius 3 is 2.16 bits per heavy atom. The zero-order chi connectivity index (χ0) is 14.8. The topological polar surface area (TPSA) is 46.2 Å². The quantitative estimate of drug-likeness (QED) is 0.838. The van der Waals surface area contributed by atoms with Crippen LogP contribution in [0.4, 0.5) is 13.2 Å². The second kappa shape index (κ2) is 5.73. The molecule has 2 nitrogen and oxygen atoms in total. The van der Waals surface area contributed by atoms with Crippen molar-refractivity contribution in [2.75, 3.05) is 0 Å². The molecule has 0 unspecified atom stereocenters. The fraction of sp³-hybridized carbons (Fsp3) is 0.538. The van der Waals surface area contributed by atoms with E-state index in [9.17, 15) is 18.3 Å². The summed E-state index contributed by atoms with van der Waals surface area (Å²) < 4.78 is 37.4. The van der Waals surface area contributed by atoms with Gasteiger partial charge in [0.15, 0.2) is 6.10 Å². The van der Waals surface area contributed by atoms with Gasteiger partial charge in [-0.3, -0.25) is 0 Å². The first kappa shape index (κ1) is 16.3. The minimum Gasteiger partial charge on any atom is -0.382 e. The number of hydrogen-bond donors (Lipinski definition) is 2. The van der Waals surface area contributed by atoms with E-state index in [1.807, 2.05) is 20.8 Å². The first-order valence-electron chi connectivity index (χ1n) is 5.80. The number of thioether (sulfide) groups is 1. The first-order valence-corrected chi connectivity index (χ1v) is 6.62. The van der Waals surface area contributed by atoms with Gasteiger partial charge in [0.25, 0.3) is 0 Å². The van der Waals surface area contributed by atoms with Crippen LogP contribution < -0.4 is 5.73 Å². The van der Waals surface area contributed by atoms with Crippen LogP contribution in [0.15, 0.2) is 29.2 Å². The summed E-state index contributed by atoms with van der Waals surface area (Å²) in [6.07, 6.45) is -7.28. The van der Waals surface area contributed by atoms with Crippen LogP contribution in [0.25, 0.3) is 0 Å². The smallest absolute Gasteiger partial charge is 0.382 e. The van der Waals surface area contributed by atoms with Gasteiger partial charge in [-0.25, -0.2) is 0 Å². The van der Waals surface area contributed by atoms with Gasteiger partial charge in [0.1, 0.15) is 0 Å². The summed E-state index contributed by atoms with van der Waals surface area (Å²) in [6, 6.07) is 5.11. The van der Waals surface area contributed by atoms with Crippen molar-refractivity contribution in [1.82, 2.24) is 0 Å². The van der Waals surface area contributed by atoms with Gasteiger partial charge in [0, 0.05) is 9.64 Å². The van der Waals surface area contributed by atoms with Crippen molar-refractivity contribution < 1.29 is 18.3 Å². The van der Waals surface area contributed by atoms with Crippen LogP contribution in [-0.4, -0.2) is 22.1 Å². The lowest BCUT2D eigenvalue weighted by atomic mass is 10.0. The Hall–Kier alpha value is -0.720. The van der Waals surface area contributed by atoms with Gasteiger partial charge >= 0.3 is 6.18 Å². The highest BCUT2D eigenvalue weighted by Gasteiger charge is 2.43. The molecule has 1 aromatic carbocycles. The zero-order valence-electron chi connectivity index (χ0n) is 11.0. The molecule has 6 heteroatoms. The van der Waals surface area contributed by atoms with Crippen LogP contribution in [0.2, 0.25) is 0 Å². The number of alkyl halides is 3. The number of halogens is 3. The van der Waals surface area contributed by atoms with E-state index in [0.29, 0.717) is 10.5 Å². The van der Waals surface area contributed by atoms with Crippen molar-refractivity contribution >= 4 is 11.8 Å². The molecule has 3 N–H and O–H groups in total. The maximum absolute atomic E-state index is 12.5. The standard InChI is InChI=1S/C13H18F3NOS/c1-12(2,3)19-9-7-5-4-6-8(9)10(17)11(18)13(14,15)16/h4-7,10-11,18H,17H2,1-3H3/t10-,11-/m1/s1. The lowest BCUT2D eigenvalue weighted by molar-refractivity contribution is -0.210. The van der Waals surface area contributed by atoms with Crippen LogP contribution in [0.1, 0.15) is 32.4 Å². The molecule has 0 fully saturated rings. The Balaban J connectivity index is 3.07. The number of benzene rings is 1. The SMILES string of the molecule is CC(C)(C)Sc1ccccc1[C@@H](N)[C@@H](O)C(F)(F)F. The molecular weight excluding hydrogens is 275 g/mol. The van der Waals surface area contributed by atoms with Crippen LogP contribution in [0.3, 0.4) is 0 Å². The fourth-order valence-electron chi connectivity index (χ4n) is 1.55. The second-order valence-electron chi connectivity index (χ2n) is 5.26. The van der Waals surface area contributed by atoms with E-state index < -0.39 is 18.3 Å². The molecule has 0 radical (unpaired) electrons. The molecule has 0 aromatic heterocycles. The Labute approximate surface area is 115 Å². The Morgan fingerprint density at radius 1 is 1.16 bits per heavy atom. The number of aliphatic hydroxyl groups excluding tert-OH is 1. The molecule has 1 aromatic rings. The highest BCUT2D eigenvalue weighted by atomic mass is 32.2. The zero-order valence-corrected chi connectivity index (χ0v) is 11.8. The monoisotopic (exact) mass is 293 g/mol. The van der Waals surface area contributed by atoms with E-state index in [0.717, 1.165) is 0 Å². The summed E-state index contributed by atoms with van der Waals surface area (Å²) in [4.78, 5) is 0.658.